The molecule has 104 valence electrons. The molecule has 2 amide bonds. The van der Waals surface area contributed by atoms with E-state index < -0.39 is 24.0 Å². The molecule has 7 nitrogen and oxygen atoms in total. The topological polar surface area (TPSA) is 93.7 Å². The zero-order chi connectivity index (χ0) is 14.1. The molecule has 0 bridgehead atoms. The zero-order valence-corrected chi connectivity index (χ0v) is 11.1. The van der Waals surface area contributed by atoms with E-state index in [2.05, 4.69) is 20.1 Å². The average molecular weight is 260 g/mol. The lowest BCUT2D eigenvalue weighted by molar-refractivity contribution is -0.146. The highest BCUT2D eigenvalue weighted by atomic mass is 16.5. The van der Waals surface area contributed by atoms with E-state index in [1.807, 2.05) is 13.8 Å². The summed E-state index contributed by atoms with van der Waals surface area (Å²) < 4.78 is 8.94. The molecular formula is C11H20N2O5. The van der Waals surface area contributed by atoms with Gasteiger partial charge in [0.2, 0.25) is 5.91 Å². The third-order valence-electron chi connectivity index (χ3n) is 2.56. The first-order valence-electron chi connectivity index (χ1n) is 5.65. The van der Waals surface area contributed by atoms with Gasteiger partial charge in [0, 0.05) is 0 Å². The Morgan fingerprint density at radius 2 is 1.78 bits per heavy atom. The number of rotatable bonds is 6. The normalized spacial score (nSPS) is 13.1. The van der Waals surface area contributed by atoms with E-state index in [9.17, 15) is 14.4 Å². The number of hydrogen-bond donors (Lipinski definition) is 2. The number of nitrogens with one attached hydrogen (secondary N) is 2. The smallest absolute Gasteiger partial charge is 0.407 e. The second-order valence-corrected chi connectivity index (χ2v) is 3.80. The fourth-order valence-corrected chi connectivity index (χ4v) is 1.25. The lowest BCUT2D eigenvalue weighted by Crippen LogP contribution is -2.48. The molecule has 0 aromatic carbocycles. The average Bonchev–Trinajstić information content (AvgIpc) is 2.40. The van der Waals surface area contributed by atoms with Crippen molar-refractivity contribution in [2.75, 3.05) is 20.8 Å². The molecule has 0 saturated carbocycles. The fraction of sp³-hybridized carbons (Fsp3) is 0.727. The molecule has 0 radical (unpaired) electrons. The Morgan fingerprint density at radius 3 is 2.22 bits per heavy atom. The van der Waals surface area contributed by atoms with Crippen LogP contribution in [0.5, 0.6) is 0 Å². The highest BCUT2D eigenvalue weighted by Gasteiger charge is 2.26. The summed E-state index contributed by atoms with van der Waals surface area (Å²) in [7, 11) is 2.46. The summed E-state index contributed by atoms with van der Waals surface area (Å²) >= 11 is 0. The van der Waals surface area contributed by atoms with Crippen LogP contribution in [0.3, 0.4) is 0 Å². The van der Waals surface area contributed by atoms with Gasteiger partial charge in [-0.3, -0.25) is 4.79 Å². The molecule has 0 saturated heterocycles. The van der Waals surface area contributed by atoms with Crippen LogP contribution >= 0.6 is 0 Å². The summed E-state index contributed by atoms with van der Waals surface area (Å²) in [4.78, 5) is 33.8. The molecular weight excluding hydrogens is 240 g/mol. The number of amides is 2. The second-order valence-electron chi connectivity index (χ2n) is 3.80. The summed E-state index contributed by atoms with van der Waals surface area (Å²) in [6, 6.07) is -0.716. The largest absolute Gasteiger partial charge is 0.467 e. The standard InChI is InChI=1S/C11H20N2O5/c1-5-7(2)9(10(15)17-3)13-8(14)6-12-11(16)18-4/h7,9H,5-6H2,1-4H3,(H,12,16)(H,13,14). The predicted molar refractivity (Wildman–Crippen MR) is 63.8 cm³/mol. The van der Waals surface area contributed by atoms with Gasteiger partial charge in [-0.25, -0.2) is 9.59 Å². The van der Waals surface area contributed by atoms with Crippen LogP contribution in [0.15, 0.2) is 0 Å². The number of esters is 1. The van der Waals surface area contributed by atoms with Crippen molar-refractivity contribution >= 4 is 18.0 Å². The molecule has 0 heterocycles. The highest BCUT2D eigenvalue weighted by Crippen LogP contribution is 2.08. The van der Waals surface area contributed by atoms with E-state index >= 15 is 0 Å². The lowest BCUT2D eigenvalue weighted by atomic mass is 9.99. The van der Waals surface area contributed by atoms with Gasteiger partial charge in [-0.15, -0.1) is 0 Å². The molecule has 2 atom stereocenters. The van der Waals surface area contributed by atoms with E-state index in [1.54, 1.807) is 0 Å². The molecule has 0 aromatic heterocycles. The molecule has 2 N–H and O–H groups in total. The maximum atomic E-state index is 11.5. The van der Waals surface area contributed by atoms with Crippen molar-refractivity contribution in [3.63, 3.8) is 0 Å². The van der Waals surface area contributed by atoms with Gasteiger partial charge >= 0.3 is 12.1 Å². The van der Waals surface area contributed by atoms with Crippen molar-refractivity contribution in [2.24, 2.45) is 5.92 Å². The van der Waals surface area contributed by atoms with Crippen LogP contribution in [0.25, 0.3) is 0 Å². The molecule has 7 heteroatoms. The summed E-state index contributed by atoms with van der Waals surface area (Å²) in [5, 5.41) is 4.74. The molecule has 0 spiro atoms. The quantitative estimate of drug-likeness (QED) is 0.658. The Kier molecular flexibility index (Phi) is 7.50. The molecule has 0 aliphatic rings. The Labute approximate surface area is 106 Å². The van der Waals surface area contributed by atoms with Crippen molar-refractivity contribution in [1.29, 1.82) is 0 Å². The Bertz CT molecular complexity index is 306. The minimum atomic E-state index is -0.716. The maximum absolute atomic E-state index is 11.5. The predicted octanol–water partition coefficient (Wildman–Crippen LogP) is 0.0463. The van der Waals surface area contributed by atoms with Crippen molar-refractivity contribution in [3.8, 4) is 0 Å². The zero-order valence-electron chi connectivity index (χ0n) is 11.1. The molecule has 0 fully saturated rings. The van der Waals surface area contributed by atoms with Crippen LogP contribution in [0.4, 0.5) is 4.79 Å². The molecule has 0 aromatic rings. The fourth-order valence-electron chi connectivity index (χ4n) is 1.25. The monoisotopic (exact) mass is 260 g/mol. The van der Waals surface area contributed by atoms with Gasteiger partial charge in [-0.2, -0.15) is 0 Å². The number of carbonyl (C=O) groups is 3. The Hall–Kier alpha value is -1.79. The number of carbonyl (C=O) groups excluding carboxylic acids is 3. The number of alkyl carbamates (subject to hydrolysis) is 1. The molecule has 0 aliphatic heterocycles. The van der Waals surface area contributed by atoms with Crippen LogP contribution in [0.2, 0.25) is 0 Å². The summed E-state index contributed by atoms with van der Waals surface area (Å²) in [6.07, 6.45) is 0.00750. The van der Waals surface area contributed by atoms with E-state index in [4.69, 9.17) is 0 Å². The van der Waals surface area contributed by atoms with E-state index in [1.165, 1.54) is 14.2 Å². The van der Waals surface area contributed by atoms with Crippen LogP contribution in [0, 0.1) is 5.92 Å². The number of methoxy groups -OCH3 is 2. The first-order valence-corrected chi connectivity index (χ1v) is 5.65. The highest BCUT2D eigenvalue weighted by molar-refractivity contribution is 5.87. The van der Waals surface area contributed by atoms with Gasteiger partial charge in [-0.1, -0.05) is 20.3 Å². The van der Waals surface area contributed by atoms with E-state index in [-0.39, 0.29) is 12.5 Å². The Morgan fingerprint density at radius 1 is 1.17 bits per heavy atom. The third-order valence-corrected chi connectivity index (χ3v) is 2.56. The van der Waals surface area contributed by atoms with Gasteiger partial charge in [0.15, 0.2) is 0 Å². The van der Waals surface area contributed by atoms with Crippen molar-refractivity contribution in [1.82, 2.24) is 10.6 Å². The van der Waals surface area contributed by atoms with Crippen LogP contribution in [-0.4, -0.2) is 44.8 Å². The lowest BCUT2D eigenvalue weighted by Gasteiger charge is -2.21. The molecule has 0 rings (SSSR count). The van der Waals surface area contributed by atoms with Gasteiger partial charge in [0.05, 0.1) is 14.2 Å². The molecule has 2 unspecified atom stereocenters. The van der Waals surface area contributed by atoms with Crippen LogP contribution in [0.1, 0.15) is 20.3 Å². The number of hydrogen-bond acceptors (Lipinski definition) is 5. The second kappa shape index (κ2) is 8.32. The third kappa shape index (κ3) is 5.51. The first-order chi connectivity index (χ1) is 8.46. The van der Waals surface area contributed by atoms with Crippen LogP contribution in [-0.2, 0) is 19.1 Å². The first kappa shape index (κ1) is 16.2. The van der Waals surface area contributed by atoms with E-state index in [0.717, 1.165) is 0 Å². The van der Waals surface area contributed by atoms with Gasteiger partial charge < -0.3 is 20.1 Å². The molecule has 18 heavy (non-hydrogen) atoms. The maximum Gasteiger partial charge on any atom is 0.407 e. The van der Waals surface area contributed by atoms with E-state index in [0.29, 0.717) is 6.42 Å². The van der Waals surface area contributed by atoms with Crippen molar-refractivity contribution in [3.05, 3.63) is 0 Å². The van der Waals surface area contributed by atoms with Crippen LogP contribution < -0.4 is 10.6 Å². The minimum absolute atomic E-state index is 0.0560. The SMILES string of the molecule is CCC(C)C(NC(=O)CNC(=O)OC)C(=O)OC. The Balaban J connectivity index is 4.36. The number of ether oxygens (including phenoxy) is 2. The minimum Gasteiger partial charge on any atom is -0.467 e. The van der Waals surface area contributed by atoms with Crippen molar-refractivity contribution in [2.45, 2.75) is 26.3 Å². The van der Waals surface area contributed by atoms with Gasteiger partial charge in [-0.05, 0) is 5.92 Å². The van der Waals surface area contributed by atoms with Gasteiger partial charge in [0.25, 0.3) is 0 Å². The van der Waals surface area contributed by atoms with Gasteiger partial charge in [0.1, 0.15) is 12.6 Å². The molecule has 0 aliphatic carbocycles. The summed E-state index contributed by atoms with van der Waals surface area (Å²) in [5.74, 6) is -1.04. The van der Waals surface area contributed by atoms with Crippen molar-refractivity contribution < 1.29 is 23.9 Å². The summed E-state index contributed by atoms with van der Waals surface area (Å²) in [6.45, 7) is 3.48. The summed E-state index contributed by atoms with van der Waals surface area (Å²) in [5.41, 5.74) is 0.